The Morgan fingerprint density at radius 1 is 1.29 bits per heavy atom. The summed E-state index contributed by atoms with van der Waals surface area (Å²) in [5.41, 5.74) is 2.23. The van der Waals surface area contributed by atoms with Gasteiger partial charge in [-0.1, -0.05) is 28.1 Å². The van der Waals surface area contributed by atoms with Crippen LogP contribution in [0.15, 0.2) is 39.7 Å². The standard InChI is InChI=1S/C10H8Br2N2/c1-14-6-13-10(12)9(14)7-3-2-4-8(11)5-7/h2-6H,1H3. The van der Waals surface area contributed by atoms with Crippen molar-refractivity contribution >= 4 is 31.9 Å². The van der Waals surface area contributed by atoms with Crippen LogP contribution in [0, 0.1) is 0 Å². The van der Waals surface area contributed by atoms with E-state index in [1.54, 1.807) is 6.33 Å². The molecule has 72 valence electrons. The van der Waals surface area contributed by atoms with E-state index in [-0.39, 0.29) is 0 Å². The number of imidazole rings is 1. The van der Waals surface area contributed by atoms with Crippen LogP contribution in [0.3, 0.4) is 0 Å². The summed E-state index contributed by atoms with van der Waals surface area (Å²) in [5.74, 6) is 0. The number of rotatable bonds is 1. The predicted molar refractivity (Wildman–Crippen MR) is 64.0 cm³/mol. The molecule has 0 bridgehead atoms. The Labute approximate surface area is 99.2 Å². The van der Waals surface area contributed by atoms with Crippen LogP contribution in [0.2, 0.25) is 0 Å². The maximum atomic E-state index is 4.19. The summed E-state index contributed by atoms with van der Waals surface area (Å²) < 4.78 is 3.94. The number of benzene rings is 1. The molecule has 1 aromatic carbocycles. The first kappa shape index (κ1) is 9.93. The van der Waals surface area contributed by atoms with Crippen molar-refractivity contribution in [3.63, 3.8) is 0 Å². The van der Waals surface area contributed by atoms with Crippen LogP contribution in [0.25, 0.3) is 11.3 Å². The number of hydrogen-bond donors (Lipinski definition) is 0. The Bertz CT molecular complexity index is 443. The molecule has 4 heteroatoms. The largest absolute Gasteiger partial charge is 0.333 e. The lowest BCUT2D eigenvalue weighted by Gasteiger charge is -2.03. The van der Waals surface area contributed by atoms with E-state index in [4.69, 9.17) is 0 Å². The lowest BCUT2D eigenvalue weighted by Crippen LogP contribution is -1.89. The molecule has 0 aliphatic carbocycles. The van der Waals surface area contributed by atoms with Crippen LogP contribution < -0.4 is 0 Å². The average Bonchev–Trinajstić information content (AvgIpc) is 2.46. The molecule has 14 heavy (non-hydrogen) atoms. The first-order valence-electron chi connectivity index (χ1n) is 4.11. The molecule has 0 unspecified atom stereocenters. The molecule has 0 fully saturated rings. The van der Waals surface area contributed by atoms with Crippen LogP contribution >= 0.6 is 31.9 Å². The maximum Gasteiger partial charge on any atom is 0.132 e. The van der Waals surface area contributed by atoms with Crippen LogP contribution in [-0.4, -0.2) is 9.55 Å². The summed E-state index contributed by atoms with van der Waals surface area (Å²) in [7, 11) is 1.98. The predicted octanol–water partition coefficient (Wildman–Crippen LogP) is 3.61. The smallest absolute Gasteiger partial charge is 0.132 e. The Kier molecular flexibility index (Phi) is 2.74. The van der Waals surface area contributed by atoms with Gasteiger partial charge in [0.1, 0.15) is 4.60 Å². The van der Waals surface area contributed by atoms with E-state index in [2.05, 4.69) is 49.0 Å². The minimum Gasteiger partial charge on any atom is -0.333 e. The normalized spacial score (nSPS) is 10.5. The number of aromatic nitrogens is 2. The number of halogens is 2. The van der Waals surface area contributed by atoms with Crippen LogP contribution in [0.5, 0.6) is 0 Å². The number of nitrogens with zero attached hydrogens (tertiary/aromatic N) is 2. The molecule has 0 atom stereocenters. The fourth-order valence-corrected chi connectivity index (χ4v) is 2.36. The zero-order chi connectivity index (χ0) is 10.1. The highest BCUT2D eigenvalue weighted by Crippen LogP contribution is 2.28. The van der Waals surface area contributed by atoms with Gasteiger partial charge in [-0.05, 0) is 28.1 Å². The Balaban J connectivity index is 2.59. The monoisotopic (exact) mass is 314 g/mol. The van der Waals surface area contributed by atoms with Gasteiger partial charge in [0.05, 0.1) is 12.0 Å². The van der Waals surface area contributed by atoms with E-state index in [1.807, 2.05) is 23.7 Å². The van der Waals surface area contributed by atoms with Gasteiger partial charge in [0.2, 0.25) is 0 Å². The quantitative estimate of drug-likeness (QED) is 0.786. The molecule has 2 aromatic rings. The summed E-state index contributed by atoms with van der Waals surface area (Å²) in [6.07, 6.45) is 1.79. The first-order valence-corrected chi connectivity index (χ1v) is 5.70. The van der Waals surface area contributed by atoms with Gasteiger partial charge in [-0.15, -0.1) is 0 Å². The Hall–Kier alpha value is -0.610. The Morgan fingerprint density at radius 3 is 2.64 bits per heavy atom. The minimum atomic E-state index is 0.873. The highest BCUT2D eigenvalue weighted by Gasteiger charge is 2.08. The van der Waals surface area contributed by atoms with E-state index in [0.29, 0.717) is 0 Å². The number of hydrogen-bond acceptors (Lipinski definition) is 1. The van der Waals surface area contributed by atoms with Crippen molar-refractivity contribution in [3.05, 3.63) is 39.7 Å². The molecule has 2 nitrogen and oxygen atoms in total. The molecule has 0 amide bonds. The zero-order valence-corrected chi connectivity index (χ0v) is 10.7. The third-order valence-corrected chi connectivity index (χ3v) is 3.06. The van der Waals surface area contributed by atoms with Gasteiger partial charge in [-0.2, -0.15) is 0 Å². The zero-order valence-electron chi connectivity index (χ0n) is 7.54. The minimum absolute atomic E-state index is 0.873. The lowest BCUT2D eigenvalue weighted by atomic mass is 10.2. The van der Waals surface area contributed by atoms with Gasteiger partial charge in [0.25, 0.3) is 0 Å². The van der Waals surface area contributed by atoms with Crippen molar-refractivity contribution in [3.8, 4) is 11.3 Å². The van der Waals surface area contributed by atoms with E-state index >= 15 is 0 Å². The molecule has 0 aliphatic rings. The van der Waals surface area contributed by atoms with Gasteiger partial charge < -0.3 is 4.57 Å². The SMILES string of the molecule is Cn1cnc(Br)c1-c1cccc(Br)c1. The summed E-state index contributed by atoms with van der Waals surface area (Å²) >= 11 is 6.88. The van der Waals surface area contributed by atoms with Crippen molar-refractivity contribution in [2.45, 2.75) is 0 Å². The van der Waals surface area contributed by atoms with E-state index < -0.39 is 0 Å². The second kappa shape index (κ2) is 3.87. The third kappa shape index (κ3) is 1.77. The molecule has 0 aliphatic heterocycles. The molecule has 1 aromatic heterocycles. The molecular weight excluding hydrogens is 308 g/mol. The second-order valence-corrected chi connectivity index (χ2v) is 4.67. The Morgan fingerprint density at radius 2 is 2.07 bits per heavy atom. The molecule has 0 saturated carbocycles. The van der Waals surface area contributed by atoms with Crippen LogP contribution in [0.4, 0.5) is 0 Å². The lowest BCUT2D eigenvalue weighted by molar-refractivity contribution is 0.921. The van der Waals surface area contributed by atoms with Crippen molar-refractivity contribution < 1.29 is 0 Å². The molecule has 2 rings (SSSR count). The topological polar surface area (TPSA) is 17.8 Å². The third-order valence-electron chi connectivity index (χ3n) is 1.99. The van der Waals surface area contributed by atoms with Crippen molar-refractivity contribution in [1.82, 2.24) is 9.55 Å². The van der Waals surface area contributed by atoms with Gasteiger partial charge in [-0.3, -0.25) is 0 Å². The molecular formula is C10H8Br2N2. The summed E-state index contributed by atoms with van der Waals surface area (Å²) in [5, 5.41) is 0. The van der Waals surface area contributed by atoms with Crippen molar-refractivity contribution in [2.24, 2.45) is 7.05 Å². The molecule has 0 saturated heterocycles. The van der Waals surface area contributed by atoms with E-state index in [9.17, 15) is 0 Å². The maximum absolute atomic E-state index is 4.19. The highest BCUT2D eigenvalue weighted by molar-refractivity contribution is 9.10. The van der Waals surface area contributed by atoms with Gasteiger partial charge in [0.15, 0.2) is 0 Å². The molecule has 0 spiro atoms. The van der Waals surface area contributed by atoms with E-state index in [1.165, 1.54) is 0 Å². The second-order valence-electron chi connectivity index (χ2n) is 3.01. The fraction of sp³-hybridized carbons (Fsp3) is 0.100. The van der Waals surface area contributed by atoms with Gasteiger partial charge in [-0.25, -0.2) is 4.98 Å². The average molecular weight is 316 g/mol. The van der Waals surface area contributed by atoms with Crippen LogP contribution in [0.1, 0.15) is 0 Å². The molecule has 0 N–H and O–H groups in total. The van der Waals surface area contributed by atoms with E-state index in [0.717, 1.165) is 20.3 Å². The van der Waals surface area contributed by atoms with Gasteiger partial charge >= 0.3 is 0 Å². The first-order chi connectivity index (χ1) is 6.68. The fourth-order valence-electron chi connectivity index (χ4n) is 1.36. The number of aryl methyl sites for hydroxylation is 1. The van der Waals surface area contributed by atoms with Crippen LogP contribution in [-0.2, 0) is 7.05 Å². The summed E-state index contributed by atoms with van der Waals surface area (Å²) in [6, 6.07) is 8.15. The molecule has 1 heterocycles. The summed E-state index contributed by atoms with van der Waals surface area (Å²) in [4.78, 5) is 4.19. The van der Waals surface area contributed by atoms with Crippen molar-refractivity contribution in [1.29, 1.82) is 0 Å². The highest BCUT2D eigenvalue weighted by atomic mass is 79.9. The molecule has 0 radical (unpaired) electrons. The van der Waals surface area contributed by atoms with Crippen molar-refractivity contribution in [2.75, 3.05) is 0 Å². The van der Waals surface area contributed by atoms with Gasteiger partial charge in [0, 0.05) is 17.1 Å². The summed E-state index contributed by atoms with van der Waals surface area (Å²) in [6.45, 7) is 0.